The molecule has 11 amide bonds. The molecule has 0 radical (unpaired) electrons. The predicted molar refractivity (Wildman–Crippen MR) is 322 cm³/mol. The molecule has 7 rings (SSSR count). The van der Waals surface area contributed by atoms with E-state index in [1.807, 2.05) is 31.2 Å². The van der Waals surface area contributed by atoms with Crippen molar-refractivity contribution in [1.29, 1.82) is 0 Å². The summed E-state index contributed by atoms with van der Waals surface area (Å²) in [4.78, 5) is 156. The fraction of sp³-hybridized carbons (Fsp3) is 0.517. The highest BCUT2D eigenvalue weighted by molar-refractivity contribution is 8.00. The number of aromatic amines is 2. The Morgan fingerprint density at radius 3 is 2.16 bits per heavy atom. The van der Waals surface area contributed by atoms with Gasteiger partial charge in [-0.2, -0.15) is 11.8 Å². The van der Waals surface area contributed by atoms with Gasteiger partial charge >= 0.3 is 6.03 Å². The van der Waals surface area contributed by atoms with E-state index in [9.17, 15) is 47.9 Å². The average molecular weight is 1210 g/mol. The zero-order chi connectivity index (χ0) is 61.5. The van der Waals surface area contributed by atoms with Crippen LogP contribution in [0.1, 0.15) is 101 Å². The van der Waals surface area contributed by atoms with Crippen molar-refractivity contribution in [2.45, 2.75) is 157 Å². The lowest BCUT2D eigenvalue weighted by Gasteiger charge is -2.29. The third-order valence-corrected chi connectivity index (χ3v) is 16.8. The summed E-state index contributed by atoms with van der Waals surface area (Å²) in [5, 5.41) is 26.3. The van der Waals surface area contributed by atoms with Crippen molar-refractivity contribution < 1.29 is 47.9 Å². The van der Waals surface area contributed by atoms with Crippen molar-refractivity contribution >= 4 is 87.8 Å². The lowest BCUT2D eigenvalue weighted by molar-refractivity contribution is -0.142. The van der Waals surface area contributed by atoms with Gasteiger partial charge in [-0.3, -0.25) is 48.1 Å². The molecule has 4 aromatic rings. The van der Waals surface area contributed by atoms with E-state index in [1.54, 1.807) is 48.3 Å². The van der Waals surface area contributed by atoms with Crippen molar-refractivity contribution in [3.05, 3.63) is 90.1 Å². The van der Waals surface area contributed by atoms with Crippen LogP contribution in [-0.4, -0.2) is 171 Å². The Balaban J connectivity index is 1.17. The van der Waals surface area contributed by atoms with Gasteiger partial charge in [-0.25, -0.2) is 9.78 Å². The Labute approximate surface area is 502 Å². The van der Waals surface area contributed by atoms with Gasteiger partial charge < -0.3 is 79.9 Å². The third kappa shape index (κ3) is 19.7. The summed E-state index contributed by atoms with van der Waals surface area (Å²) >= 11 is 1.77. The molecule has 2 aromatic heterocycles. The summed E-state index contributed by atoms with van der Waals surface area (Å²) in [6.45, 7) is 0.641. The van der Waals surface area contributed by atoms with Gasteiger partial charge in [0.05, 0.1) is 18.4 Å². The first-order chi connectivity index (χ1) is 41.4. The van der Waals surface area contributed by atoms with Crippen LogP contribution in [0.15, 0.2) is 78.3 Å². The van der Waals surface area contributed by atoms with Gasteiger partial charge in [0.25, 0.3) is 0 Å². The standard InChI is InChI=1S/C58H81N17O10S/c1-2-3-17-41(67-47(76)22-10-9-21-46-50-45(32-86-46)73-58(85)74-50)56(84)75-30-48(77)63-23-12-11-19-39(51(59)79)69-54(82)43(26-35-28-65-38-18-8-7-16-37(35)38)72-52(80)40(20-13-24-64-57(60)61)70-53(81)42(25-34-14-5-4-6-15-34)71-55(83)44(68-49(78)31-75)27-36-29-62-33-66-36/h4-8,14-16,18,28-29,33,39-46,50,65H,2-3,9-13,17,19-27,30-32H2,1H3,(H2,59,79)(H,62,66)(H,63,77)(H,67,76)(H,68,78)(H,69,82)(H,70,81)(H,71,83)(H,72,80)(H4,60,61,64)(H2,73,74,85)/t39-,40-,41-,42+,43-,44-,45-,46-,50-/m0/s1. The van der Waals surface area contributed by atoms with Crippen LogP contribution in [0.3, 0.4) is 0 Å². The van der Waals surface area contributed by atoms with Crippen LogP contribution >= 0.6 is 11.8 Å². The van der Waals surface area contributed by atoms with Crippen LogP contribution in [-0.2, 0) is 62.4 Å². The molecule has 3 aliphatic rings. The Bertz CT molecular complexity index is 3010. The Hall–Kier alpha value is -8.69. The molecule has 9 atom stereocenters. The molecular formula is C58H81N17O10S. The van der Waals surface area contributed by atoms with Crippen LogP contribution < -0.4 is 65.1 Å². The number of fused-ring (bicyclic) bond motifs is 2. The summed E-state index contributed by atoms with van der Waals surface area (Å²) in [5.74, 6) is -6.09. The van der Waals surface area contributed by atoms with Crippen molar-refractivity contribution in [1.82, 2.24) is 67.7 Å². The van der Waals surface area contributed by atoms with Gasteiger partial charge in [0.1, 0.15) is 49.3 Å². The fourth-order valence-electron chi connectivity index (χ4n) is 10.7. The van der Waals surface area contributed by atoms with Gasteiger partial charge in [0, 0.05) is 78.8 Å². The van der Waals surface area contributed by atoms with E-state index in [0.717, 1.165) is 28.0 Å². The summed E-state index contributed by atoms with van der Waals surface area (Å²) in [7, 11) is 0. The number of nitrogens with one attached hydrogen (secondary N) is 11. The SMILES string of the molecule is CCCC[C@H](NC(=O)CCCC[C@@H]1SC[C@@H]2NC(=O)N[C@@H]21)C(=O)N1CC(=O)NCCCC[C@@H](C(N)=O)NC(=O)[C@H](Cc2c[nH]c3ccccc23)NC(=O)[C@H](CCCN=C(N)N)NC(=O)[C@@H](Cc2ccccc2)NC(=O)[C@H](Cc2cnc[nH]2)NC(=O)C1. The second kappa shape index (κ2) is 32.6. The van der Waals surface area contributed by atoms with E-state index in [1.165, 1.54) is 12.5 Å². The summed E-state index contributed by atoms with van der Waals surface area (Å²) in [5.41, 5.74) is 19.5. The number of hydrogen-bond acceptors (Lipinski definition) is 13. The number of nitrogens with two attached hydrogens (primary N) is 3. The molecule has 0 saturated carbocycles. The van der Waals surface area contributed by atoms with Crippen molar-refractivity contribution in [2.75, 3.05) is 31.9 Å². The number of unbranched alkanes of at least 4 members (excludes halogenated alkanes) is 2. The van der Waals surface area contributed by atoms with Crippen molar-refractivity contribution in [3.8, 4) is 0 Å². The number of H-pyrrole nitrogens is 2. The number of nitrogens with zero attached hydrogens (tertiary/aromatic N) is 3. The Morgan fingerprint density at radius 2 is 1.43 bits per heavy atom. The monoisotopic (exact) mass is 1210 g/mol. The minimum absolute atomic E-state index is 0.0169. The van der Waals surface area contributed by atoms with Gasteiger partial charge in [-0.1, -0.05) is 74.7 Å². The average Bonchev–Trinajstić information content (AvgIpc) is 2.45. The maximum atomic E-state index is 14.8. The molecule has 0 unspecified atom stereocenters. The second-order valence-electron chi connectivity index (χ2n) is 21.9. The zero-order valence-corrected chi connectivity index (χ0v) is 49.1. The minimum Gasteiger partial charge on any atom is -0.370 e. The number of hydrogen-bond donors (Lipinski definition) is 14. The number of aliphatic imine (C=N–C) groups is 1. The minimum atomic E-state index is -1.43. The molecule has 0 bridgehead atoms. The molecule has 0 spiro atoms. The van der Waals surface area contributed by atoms with Gasteiger partial charge in [-0.05, 0) is 68.6 Å². The van der Waals surface area contributed by atoms with E-state index in [2.05, 4.69) is 67.8 Å². The van der Waals surface area contributed by atoms with E-state index in [0.29, 0.717) is 42.5 Å². The fourth-order valence-corrected chi connectivity index (χ4v) is 12.3. The first-order valence-corrected chi connectivity index (χ1v) is 30.4. The molecule has 86 heavy (non-hydrogen) atoms. The van der Waals surface area contributed by atoms with E-state index >= 15 is 0 Å². The van der Waals surface area contributed by atoms with Crippen molar-refractivity contribution in [3.63, 3.8) is 0 Å². The summed E-state index contributed by atoms with van der Waals surface area (Å²) in [6, 6.07) is 8.07. The van der Waals surface area contributed by atoms with Crippen LogP contribution in [0.25, 0.3) is 10.9 Å². The number of para-hydroxylation sites is 1. The number of primary amides is 1. The molecule has 464 valence electrons. The quantitative estimate of drug-likeness (QED) is 0.0215. The lowest BCUT2D eigenvalue weighted by atomic mass is 10.0. The smallest absolute Gasteiger partial charge is 0.315 e. The summed E-state index contributed by atoms with van der Waals surface area (Å²) < 4.78 is 0. The van der Waals surface area contributed by atoms with Crippen LogP contribution in [0.2, 0.25) is 0 Å². The highest BCUT2D eigenvalue weighted by Gasteiger charge is 2.43. The third-order valence-electron chi connectivity index (χ3n) is 15.3. The Morgan fingerprint density at radius 1 is 0.733 bits per heavy atom. The molecular weight excluding hydrogens is 1130 g/mol. The molecule has 3 fully saturated rings. The lowest BCUT2D eigenvalue weighted by Crippen LogP contribution is -2.60. The van der Waals surface area contributed by atoms with Gasteiger partial charge in [-0.15, -0.1) is 0 Å². The van der Waals surface area contributed by atoms with E-state index < -0.39 is 103 Å². The number of amides is 11. The van der Waals surface area contributed by atoms with Crippen LogP contribution in [0.4, 0.5) is 4.79 Å². The van der Waals surface area contributed by atoms with Gasteiger partial charge in [0.15, 0.2) is 5.96 Å². The normalized spacial score (nSPS) is 23.4. The molecule has 0 aliphatic carbocycles. The number of thioether (sulfide) groups is 1. The second-order valence-corrected chi connectivity index (χ2v) is 23.2. The van der Waals surface area contributed by atoms with Crippen LogP contribution in [0, 0.1) is 0 Å². The molecule has 3 saturated heterocycles. The van der Waals surface area contributed by atoms with E-state index in [-0.39, 0.29) is 107 Å². The maximum absolute atomic E-state index is 14.8. The molecule has 5 heterocycles. The maximum Gasteiger partial charge on any atom is 0.315 e. The first kappa shape index (κ1) is 64.9. The number of rotatable bonds is 21. The van der Waals surface area contributed by atoms with Crippen LogP contribution in [0.5, 0.6) is 0 Å². The first-order valence-electron chi connectivity index (χ1n) is 29.4. The Kier molecular flexibility index (Phi) is 24.6. The number of guanidine groups is 1. The number of urea groups is 1. The zero-order valence-electron chi connectivity index (χ0n) is 48.3. The number of carbonyl (C=O) groups is 10. The molecule has 2 aromatic carbocycles. The van der Waals surface area contributed by atoms with E-state index in [4.69, 9.17) is 17.2 Å². The topological polar surface area (TPSA) is 417 Å². The highest BCUT2D eigenvalue weighted by atomic mass is 32.2. The number of imidazole rings is 1. The molecule has 17 N–H and O–H groups in total. The molecule has 27 nitrogen and oxygen atoms in total. The highest BCUT2D eigenvalue weighted by Crippen LogP contribution is 2.33. The summed E-state index contributed by atoms with van der Waals surface area (Å²) in [6.07, 6.45) is 8.26. The largest absolute Gasteiger partial charge is 0.370 e. The number of aromatic nitrogens is 3. The predicted octanol–water partition coefficient (Wildman–Crippen LogP) is -0.589. The van der Waals surface area contributed by atoms with Crippen molar-refractivity contribution in [2.24, 2.45) is 22.2 Å². The van der Waals surface area contributed by atoms with Gasteiger partial charge in [0.2, 0.25) is 53.2 Å². The molecule has 3 aliphatic heterocycles. The number of benzene rings is 2. The molecule has 28 heteroatoms. The number of carbonyl (C=O) groups excluding carboxylic acids is 10.